The molecule has 8 nitrogen and oxygen atoms in total. The van der Waals surface area contributed by atoms with Crippen LogP contribution in [0.5, 0.6) is 11.5 Å². The van der Waals surface area contributed by atoms with Gasteiger partial charge in [0.05, 0.1) is 23.0 Å². The van der Waals surface area contributed by atoms with E-state index in [9.17, 15) is 19.7 Å². The highest BCUT2D eigenvalue weighted by Crippen LogP contribution is 2.36. The number of rotatable bonds is 9. The van der Waals surface area contributed by atoms with E-state index < -0.39 is 16.1 Å². The van der Waals surface area contributed by atoms with E-state index in [4.69, 9.17) is 21.1 Å². The molecule has 0 aliphatic carbocycles. The van der Waals surface area contributed by atoms with Crippen LogP contribution in [0.2, 0.25) is 5.02 Å². The highest BCUT2D eigenvalue weighted by atomic mass is 35.5. The Labute approximate surface area is 216 Å². The summed E-state index contributed by atoms with van der Waals surface area (Å²) in [5.41, 5.74) is 2.07. The summed E-state index contributed by atoms with van der Waals surface area (Å²) in [6.07, 6.45) is 1.63. The number of amides is 2. The first-order valence-corrected chi connectivity index (χ1v) is 12.2. The Morgan fingerprint density at radius 1 is 1.03 bits per heavy atom. The number of hydrogen-bond donors (Lipinski definition) is 0. The molecule has 0 radical (unpaired) electrons. The van der Waals surface area contributed by atoms with Crippen molar-refractivity contribution in [1.82, 2.24) is 4.90 Å². The third kappa shape index (κ3) is 5.87. The van der Waals surface area contributed by atoms with E-state index in [1.54, 1.807) is 30.3 Å². The normalized spacial score (nSPS) is 14.4. The first-order valence-electron chi connectivity index (χ1n) is 11.0. The van der Waals surface area contributed by atoms with Gasteiger partial charge < -0.3 is 9.47 Å². The maximum atomic E-state index is 12.9. The number of carbonyl (C=O) groups is 2. The molecule has 1 aliphatic heterocycles. The SMILES string of the molecule is CCOc1cc(C=C2SC(=O)N(Cc3ccc([N+](=O)[O-])cc3)C2=O)ccc1OCc1ccccc1Cl. The quantitative estimate of drug-likeness (QED) is 0.180. The lowest BCUT2D eigenvalue weighted by atomic mass is 10.1. The number of nitrogens with zero attached hydrogens (tertiary/aromatic N) is 2. The van der Waals surface area contributed by atoms with Gasteiger partial charge in [0.1, 0.15) is 6.61 Å². The number of thioether (sulfide) groups is 1. The summed E-state index contributed by atoms with van der Waals surface area (Å²) in [6, 6.07) is 18.4. The third-order valence-electron chi connectivity index (χ3n) is 5.27. The summed E-state index contributed by atoms with van der Waals surface area (Å²) < 4.78 is 11.7. The molecule has 0 saturated carbocycles. The molecule has 1 aliphatic rings. The van der Waals surface area contributed by atoms with Gasteiger partial charge >= 0.3 is 0 Å². The van der Waals surface area contributed by atoms with Crippen molar-refractivity contribution in [1.29, 1.82) is 0 Å². The molecule has 3 aromatic carbocycles. The summed E-state index contributed by atoms with van der Waals surface area (Å²) in [6.45, 7) is 2.56. The molecule has 1 heterocycles. The highest BCUT2D eigenvalue weighted by molar-refractivity contribution is 8.18. The van der Waals surface area contributed by atoms with E-state index in [0.29, 0.717) is 34.3 Å². The average molecular weight is 525 g/mol. The molecule has 0 bridgehead atoms. The number of non-ortho nitro benzene ring substituents is 1. The van der Waals surface area contributed by atoms with Crippen molar-refractivity contribution in [3.63, 3.8) is 0 Å². The summed E-state index contributed by atoms with van der Waals surface area (Å²) in [4.78, 5) is 37.1. The van der Waals surface area contributed by atoms with Crippen LogP contribution in [-0.2, 0) is 17.9 Å². The number of hydrogen-bond acceptors (Lipinski definition) is 7. The van der Waals surface area contributed by atoms with Crippen molar-refractivity contribution in [3.05, 3.63) is 103 Å². The zero-order valence-electron chi connectivity index (χ0n) is 19.2. The highest BCUT2D eigenvalue weighted by Gasteiger charge is 2.35. The Morgan fingerprint density at radius 3 is 2.47 bits per heavy atom. The molecule has 1 fully saturated rings. The van der Waals surface area contributed by atoms with Gasteiger partial charge in [-0.1, -0.05) is 48.0 Å². The van der Waals surface area contributed by atoms with Gasteiger partial charge in [0, 0.05) is 22.7 Å². The van der Waals surface area contributed by atoms with E-state index >= 15 is 0 Å². The second-order valence-corrected chi connectivity index (χ2v) is 9.11. The van der Waals surface area contributed by atoms with Crippen LogP contribution in [-0.4, -0.2) is 27.6 Å². The average Bonchev–Trinajstić information content (AvgIpc) is 3.12. The molecule has 184 valence electrons. The van der Waals surface area contributed by atoms with Crippen molar-refractivity contribution in [3.8, 4) is 11.5 Å². The Morgan fingerprint density at radius 2 is 1.78 bits per heavy atom. The molecule has 0 aromatic heterocycles. The maximum absolute atomic E-state index is 12.9. The minimum Gasteiger partial charge on any atom is -0.490 e. The molecule has 2 amide bonds. The van der Waals surface area contributed by atoms with Crippen molar-refractivity contribution in [2.45, 2.75) is 20.1 Å². The van der Waals surface area contributed by atoms with Gasteiger partial charge in [-0.05, 0) is 54.1 Å². The van der Waals surface area contributed by atoms with Crippen LogP contribution in [0.4, 0.5) is 10.5 Å². The number of imide groups is 1. The number of benzene rings is 3. The Kier molecular flexibility index (Phi) is 7.92. The second kappa shape index (κ2) is 11.3. The first kappa shape index (κ1) is 25.3. The molecule has 3 aromatic rings. The van der Waals surface area contributed by atoms with E-state index in [-0.39, 0.29) is 23.7 Å². The zero-order chi connectivity index (χ0) is 25.7. The fraction of sp³-hybridized carbons (Fsp3) is 0.154. The van der Waals surface area contributed by atoms with Crippen molar-refractivity contribution < 1.29 is 24.0 Å². The molecular weight excluding hydrogens is 504 g/mol. The van der Waals surface area contributed by atoms with E-state index in [2.05, 4.69) is 0 Å². The number of nitro benzene ring substituents is 1. The fourth-order valence-corrected chi connectivity index (χ4v) is 4.49. The molecule has 36 heavy (non-hydrogen) atoms. The molecule has 4 rings (SSSR count). The van der Waals surface area contributed by atoms with Crippen LogP contribution in [0.1, 0.15) is 23.6 Å². The monoisotopic (exact) mass is 524 g/mol. The van der Waals surface area contributed by atoms with E-state index in [0.717, 1.165) is 22.2 Å². The number of carbonyl (C=O) groups excluding carboxylic acids is 2. The van der Waals surface area contributed by atoms with Crippen molar-refractivity contribution >= 4 is 46.3 Å². The Balaban J connectivity index is 1.49. The van der Waals surface area contributed by atoms with Crippen LogP contribution in [0, 0.1) is 10.1 Å². The van der Waals surface area contributed by atoms with Gasteiger partial charge in [-0.2, -0.15) is 0 Å². The van der Waals surface area contributed by atoms with Crippen LogP contribution in [0.25, 0.3) is 6.08 Å². The maximum Gasteiger partial charge on any atom is 0.293 e. The van der Waals surface area contributed by atoms with Gasteiger partial charge in [-0.3, -0.25) is 24.6 Å². The molecule has 10 heteroatoms. The minimum absolute atomic E-state index is 0.0268. The summed E-state index contributed by atoms with van der Waals surface area (Å²) in [5.74, 6) is 0.601. The van der Waals surface area contributed by atoms with Crippen LogP contribution < -0.4 is 9.47 Å². The summed E-state index contributed by atoms with van der Waals surface area (Å²) >= 11 is 7.05. The third-order valence-corrected chi connectivity index (χ3v) is 6.54. The fourth-order valence-electron chi connectivity index (χ4n) is 3.47. The topological polar surface area (TPSA) is 99.0 Å². The van der Waals surface area contributed by atoms with E-state index in [1.807, 2.05) is 25.1 Å². The Bertz CT molecular complexity index is 1340. The van der Waals surface area contributed by atoms with Crippen molar-refractivity contribution in [2.24, 2.45) is 0 Å². The molecule has 1 saturated heterocycles. The molecule has 0 unspecified atom stereocenters. The number of halogens is 1. The molecule has 0 atom stereocenters. The predicted molar refractivity (Wildman–Crippen MR) is 138 cm³/mol. The smallest absolute Gasteiger partial charge is 0.293 e. The van der Waals surface area contributed by atoms with Gasteiger partial charge in [0.15, 0.2) is 11.5 Å². The summed E-state index contributed by atoms with van der Waals surface area (Å²) in [5, 5.41) is 11.0. The van der Waals surface area contributed by atoms with Crippen LogP contribution in [0.3, 0.4) is 0 Å². The molecular formula is C26H21ClN2O6S. The van der Waals surface area contributed by atoms with E-state index in [1.165, 1.54) is 24.3 Å². The van der Waals surface area contributed by atoms with Gasteiger partial charge in [-0.25, -0.2) is 0 Å². The van der Waals surface area contributed by atoms with Crippen LogP contribution >= 0.6 is 23.4 Å². The second-order valence-electron chi connectivity index (χ2n) is 7.71. The molecule has 0 N–H and O–H groups in total. The summed E-state index contributed by atoms with van der Waals surface area (Å²) in [7, 11) is 0. The first-order chi connectivity index (χ1) is 17.4. The lowest BCUT2D eigenvalue weighted by Crippen LogP contribution is -2.27. The van der Waals surface area contributed by atoms with Crippen molar-refractivity contribution in [2.75, 3.05) is 6.61 Å². The standard InChI is InChI=1S/C26H21ClN2O6S/c1-2-34-23-13-18(9-12-22(23)35-16-19-5-3-4-6-21(19)27)14-24-25(30)28(26(31)36-24)15-17-7-10-20(11-8-17)29(32)33/h3-14H,2,15-16H2,1H3. The zero-order valence-corrected chi connectivity index (χ0v) is 20.8. The minimum atomic E-state index is -0.504. The number of nitro groups is 1. The largest absolute Gasteiger partial charge is 0.490 e. The van der Waals surface area contributed by atoms with Gasteiger partial charge in [0.25, 0.3) is 16.8 Å². The lowest BCUT2D eigenvalue weighted by Gasteiger charge is -2.13. The predicted octanol–water partition coefficient (Wildman–Crippen LogP) is 6.46. The lowest BCUT2D eigenvalue weighted by molar-refractivity contribution is -0.384. The van der Waals surface area contributed by atoms with Crippen LogP contribution in [0.15, 0.2) is 71.6 Å². The number of ether oxygens (including phenoxy) is 2. The Hall–Kier alpha value is -3.82. The molecule has 0 spiro atoms. The van der Waals surface area contributed by atoms with Gasteiger partial charge in [-0.15, -0.1) is 0 Å². The van der Waals surface area contributed by atoms with Gasteiger partial charge in [0.2, 0.25) is 0 Å².